The maximum absolute atomic E-state index is 11.2. The molecule has 1 N–H and O–H groups in total. The van der Waals surface area contributed by atoms with Gasteiger partial charge in [-0.05, 0) is 24.6 Å². The summed E-state index contributed by atoms with van der Waals surface area (Å²) in [6, 6.07) is 8.13. The van der Waals surface area contributed by atoms with Gasteiger partial charge in [-0.1, -0.05) is 18.2 Å². The third-order valence-electron chi connectivity index (χ3n) is 2.24. The van der Waals surface area contributed by atoms with E-state index >= 15 is 0 Å². The maximum atomic E-state index is 11.2. The molecular formula is C12H17NOS. The summed E-state index contributed by atoms with van der Waals surface area (Å²) in [4.78, 5) is 0.871. The van der Waals surface area contributed by atoms with Gasteiger partial charge in [-0.3, -0.25) is 4.21 Å². The average Bonchev–Trinajstić information content (AvgIpc) is 2.26. The fourth-order valence-corrected chi connectivity index (χ4v) is 1.68. The molecule has 82 valence electrons. The molecule has 0 heterocycles. The lowest BCUT2D eigenvalue weighted by atomic mass is 10.2. The van der Waals surface area contributed by atoms with Crippen molar-refractivity contribution < 1.29 is 4.21 Å². The van der Waals surface area contributed by atoms with E-state index in [-0.39, 0.29) is 0 Å². The van der Waals surface area contributed by atoms with E-state index in [1.54, 1.807) is 6.26 Å². The van der Waals surface area contributed by atoms with Crippen molar-refractivity contribution in [3.8, 4) is 0 Å². The van der Waals surface area contributed by atoms with Crippen LogP contribution in [0.25, 0.3) is 0 Å². The van der Waals surface area contributed by atoms with Crippen molar-refractivity contribution in [2.75, 3.05) is 6.26 Å². The third-order valence-corrected chi connectivity index (χ3v) is 3.17. The van der Waals surface area contributed by atoms with E-state index in [2.05, 4.69) is 18.8 Å². The van der Waals surface area contributed by atoms with Gasteiger partial charge in [-0.25, -0.2) is 0 Å². The number of benzene rings is 1. The quantitative estimate of drug-likeness (QED) is 0.774. The zero-order valence-corrected chi connectivity index (χ0v) is 10.0. The van der Waals surface area contributed by atoms with E-state index in [1.807, 2.05) is 30.3 Å². The molecule has 2 nitrogen and oxygen atoms in total. The van der Waals surface area contributed by atoms with E-state index < -0.39 is 10.8 Å². The summed E-state index contributed by atoms with van der Waals surface area (Å²) < 4.78 is 11.2. The number of hydrogen-bond donors (Lipinski definition) is 1. The van der Waals surface area contributed by atoms with Crippen LogP contribution in [-0.4, -0.2) is 16.5 Å². The number of hydrogen-bond acceptors (Lipinski definition) is 2. The molecule has 2 unspecified atom stereocenters. The molecule has 1 aromatic rings. The molecule has 0 saturated heterocycles. The van der Waals surface area contributed by atoms with Crippen molar-refractivity contribution >= 4 is 10.8 Å². The van der Waals surface area contributed by atoms with Crippen molar-refractivity contribution in [2.24, 2.45) is 0 Å². The summed E-state index contributed by atoms with van der Waals surface area (Å²) in [5.41, 5.74) is 1.19. The Bertz CT molecular complexity index is 345. The highest BCUT2D eigenvalue weighted by Crippen LogP contribution is 2.07. The zero-order chi connectivity index (χ0) is 11.3. The molecule has 0 aliphatic heterocycles. The van der Waals surface area contributed by atoms with Gasteiger partial charge in [-0.15, -0.1) is 6.58 Å². The Morgan fingerprint density at radius 2 is 2.07 bits per heavy atom. The Morgan fingerprint density at radius 1 is 1.47 bits per heavy atom. The van der Waals surface area contributed by atoms with Crippen LogP contribution in [0.3, 0.4) is 0 Å². The first-order valence-corrected chi connectivity index (χ1v) is 6.47. The van der Waals surface area contributed by atoms with Gasteiger partial charge < -0.3 is 5.32 Å². The summed E-state index contributed by atoms with van der Waals surface area (Å²) in [5, 5.41) is 3.30. The first-order valence-electron chi connectivity index (χ1n) is 4.92. The minimum absolute atomic E-state index is 0.310. The summed E-state index contributed by atoms with van der Waals surface area (Å²) in [5.74, 6) is 0. The van der Waals surface area contributed by atoms with Crippen molar-refractivity contribution in [3.05, 3.63) is 42.5 Å². The molecule has 0 aliphatic rings. The van der Waals surface area contributed by atoms with E-state index in [0.717, 1.165) is 11.4 Å². The molecule has 0 fully saturated rings. The van der Waals surface area contributed by atoms with Gasteiger partial charge in [0.25, 0.3) is 0 Å². The van der Waals surface area contributed by atoms with E-state index in [9.17, 15) is 4.21 Å². The van der Waals surface area contributed by atoms with Crippen molar-refractivity contribution in [1.29, 1.82) is 0 Å². The molecular weight excluding hydrogens is 206 g/mol. The lowest BCUT2D eigenvalue weighted by Gasteiger charge is -2.09. The monoisotopic (exact) mass is 223 g/mol. The Morgan fingerprint density at radius 3 is 2.53 bits per heavy atom. The van der Waals surface area contributed by atoms with Gasteiger partial charge in [0.05, 0.1) is 0 Å². The highest BCUT2D eigenvalue weighted by Gasteiger charge is 1.99. The zero-order valence-electron chi connectivity index (χ0n) is 9.19. The summed E-state index contributed by atoms with van der Waals surface area (Å²) in [7, 11) is -0.888. The number of rotatable bonds is 5. The van der Waals surface area contributed by atoms with Crippen LogP contribution in [-0.2, 0) is 17.3 Å². The van der Waals surface area contributed by atoms with Crippen LogP contribution < -0.4 is 5.32 Å². The van der Waals surface area contributed by atoms with Gasteiger partial charge in [-0.2, -0.15) is 0 Å². The average molecular weight is 223 g/mol. The molecule has 0 saturated carbocycles. The van der Waals surface area contributed by atoms with Crippen LogP contribution in [0.15, 0.2) is 41.8 Å². The maximum Gasteiger partial charge on any atom is 0.0498 e. The lowest BCUT2D eigenvalue weighted by Crippen LogP contribution is -2.22. The normalized spacial score (nSPS) is 14.5. The summed E-state index contributed by atoms with van der Waals surface area (Å²) in [6.45, 7) is 6.57. The first kappa shape index (κ1) is 12.1. The molecule has 0 spiro atoms. The highest BCUT2D eigenvalue weighted by atomic mass is 32.2. The van der Waals surface area contributed by atoms with Gasteiger partial charge in [0.2, 0.25) is 0 Å². The Hall–Kier alpha value is -0.930. The molecule has 0 bridgehead atoms. The van der Waals surface area contributed by atoms with Crippen LogP contribution in [0.2, 0.25) is 0 Å². The molecule has 15 heavy (non-hydrogen) atoms. The largest absolute Gasteiger partial charge is 0.307 e. The molecule has 2 atom stereocenters. The standard InChI is InChI=1S/C12H17NOS/c1-4-10(2)13-9-11-5-7-12(8-6-11)15(3)14/h4-8,10,13H,1,9H2,2-3H3. The summed E-state index contributed by atoms with van der Waals surface area (Å²) >= 11 is 0. The summed E-state index contributed by atoms with van der Waals surface area (Å²) in [6.07, 6.45) is 3.56. The van der Waals surface area contributed by atoms with E-state index in [4.69, 9.17) is 0 Å². The smallest absolute Gasteiger partial charge is 0.0498 e. The van der Waals surface area contributed by atoms with Crippen LogP contribution >= 0.6 is 0 Å². The van der Waals surface area contributed by atoms with Gasteiger partial charge in [0.15, 0.2) is 0 Å². The molecule has 0 amide bonds. The van der Waals surface area contributed by atoms with Crippen molar-refractivity contribution in [1.82, 2.24) is 5.32 Å². The minimum atomic E-state index is -0.888. The topological polar surface area (TPSA) is 29.1 Å². The molecule has 0 aromatic heterocycles. The molecule has 0 aliphatic carbocycles. The minimum Gasteiger partial charge on any atom is -0.307 e. The fourth-order valence-electron chi connectivity index (χ4n) is 1.16. The van der Waals surface area contributed by atoms with Crippen LogP contribution in [0.5, 0.6) is 0 Å². The Balaban J connectivity index is 2.57. The van der Waals surface area contributed by atoms with Crippen molar-refractivity contribution in [2.45, 2.75) is 24.4 Å². The van der Waals surface area contributed by atoms with Gasteiger partial charge >= 0.3 is 0 Å². The number of nitrogens with one attached hydrogen (secondary N) is 1. The molecule has 1 aromatic carbocycles. The van der Waals surface area contributed by atoms with E-state index in [1.165, 1.54) is 5.56 Å². The SMILES string of the molecule is C=CC(C)NCc1ccc(S(C)=O)cc1. The predicted molar refractivity (Wildman–Crippen MR) is 65.3 cm³/mol. The second kappa shape index (κ2) is 5.83. The second-order valence-corrected chi connectivity index (χ2v) is 4.88. The highest BCUT2D eigenvalue weighted by molar-refractivity contribution is 7.84. The predicted octanol–water partition coefficient (Wildman–Crippen LogP) is 2.09. The van der Waals surface area contributed by atoms with Crippen molar-refractivity contribution in [3.63, 3.8) is 0 Å². The van der Waals surface area contributed by atoms with Crippen LogP contribution in [0, 0.1) is 0 Å². The molecule has 1 rings (SSSR count). The van der Waals surface area contributed by atoms with Gasteiger partial charge in [0.1, 0.15) is 0 Å². The second-order valence-electron chi connectivity index (χ2n) is 3.50. The van der Waals surface area contributed by atoms with Gasteiger partial charge in [0, 0.05) is 34.5 Å². The Labute approximate surface area is 93.9 Å². The van der Waals surface area contributed by atoms with E-state index in [0.29, 0.717) is 6.04 Å². The molecule has 0 radical (unpaired) electrons. The van der Waals surface area contributed by atoms with Crippen LogP contribution in [0.4, 0.5) is 0 Å². The fraction of sp³-hybridized carbons (Fsp3) is 0.333. The van der Waals surface area contributed by atoms with Crippen LogP contribution in [0.1, 0.15) is 12.5 Å². The molecule has 3 heteroatoms. The lowest BCUT2D eigenvalue weighted by molar-refractivity contribution is 0.634. The third kappa shape index (κ3) is 3.98. The Kier molecular flexibility index (Phi) is 4.72. The first-order chi connectivity index (χ1) is 7.13.